The summed E-state index contributed by atoms with van der Waals surface area (Å²) < 4.78 is 0. The molecule has 4 N–H and O–H groups in total. The van der Waals surface area contributed by atoms with Crippen LogP contribution in [0, 0.1) is 10.1 Å². The van der Waals surface area contributed by atoms with Crippen LogP contribution in [0.3, 0.4) is 0 Å². The number of rotatable bonds is 10. The lowest BCUT2D eigenvalue weighted by Gasteiger charge is -2.28. The van der Waals surface area contributed by atoms with Crippen LogP contribution in [0.15, 0.2) is 24.3 Å². The van der Waals surface area contributed by atoms with Gasteiger partial charge in [0.05, 0.1) is 11.3 Å². The summed E-state index contributed by atoms with van der Waals surface area (Å²) >= 11 is 0. The van der Waals surface area contributed by atoms with Crippen molar-refractivity contribution >= 4 is 41.0 Å². The number of nitro groups is 1. The van der Waals surface area contributed by atoms with Gasteiger partial charge in [0.1, 0.15) is 18.1 Å². The van der Waals surface area contributed by atoms with Gasteiger partial charge in [0.15, 0.2) is 0 Å². The van der Waals surface area contributed by atoms with Gasteiger partial charge in [-0.15, -0.1) is 0 Å². The Balaban J connectivity index is 1.91. The Morgan fingerprint density at radius 2 is 1.74 bits per heavy atom. The predicted molar refractivity (Wildman–Crippen MR) is 119 cm³/mol. The average Bonchev–Trinajstić information content (AvgIpc) is 3.27. The molecule has 1 saturated heterocycles. The highest BCUT2D eigenvalue weighted by Gasteiger charge is 2.37. The van der Waals surface area contributed by atoms with E-state index in [0.717, 1.165) is 0 Å². The van der Waals surface area contributed by atoms with Crippen LogP contribution in [-0.2, 0) is 24.0 Å². The number of carboxylic acids is 1. The Labute approximate surface area is 195 Å². The van der Waals surface area contributed by atoms with E-state index < -0.39 is 52.6 Å². The number of nitro benzene ring substituents is 1. The first kappa shape index (κ1) is 26.2. The SMILES string of the molecule is CC(NC(=O)C1CCCN1C(=O)C(C)NC(=O)CCC(=O)O)C(=O)Nc1ccc([N+](=O)[O-])cc1. The summed E-state index contributed by atoms with van der Waals surface area (Å²) in [6, 6.07) is 2.50. The zero-order valence-corrected chi connectivity index (χ0v) is 18.8. The summed E-state index contributed by atoms with van der Waals surface area (Å²) in [6.45, 7) is 3.22. The molecule has 34 heavy (non-hydrogen) atoms. The molecule has 1 aliphatic rings. The van der Waals surface area contributed by atoms with Crippen molar-refractivity contribution in [3.05, 3.63) is 34.4 Å². The fourth-order valence-corrected chi connectivity index (χ4v) is 3.44. The van der Waals surface area contributed by atoms with Crippen molar-refractivity contribution in [1.82, 2.24) is 15.5 Å². The third-order valence-corrected chi connectivity index (χ3v) is 5.25. The molecule has 0 aromatic heterocycles. The van der Waals surface area contributed by atoms with Crippen LogP contribution in [-0.4, -0.2) is 69.2 Å². The van der Waals surface area contributed by atoms with Crippen LogP contribution in [0.2, 0.25) is 0 Å². The molecule has 1 aromatic rings. The normalized spacial score (nSPS) is 16.8. The van der Waals surface area contributed by atoms with E-state index in [0.29, 0.717) is 25.1 Å². The highest BCUT2D eigenvalue weighted by Crippen LogP contribution is 2.19. The molecule has 13 heteroatoms. The molecule has 1 fully saturated rings. The molecule has 0 spiro atoms. The largest absolute Gasteiger partial charge is 0.481 e. The molecule has 3 atom stereocenters. The van der Waals surface area contributed by atoms with Crippen LogP contribution >= 0.6 is 0 Å². The first-order chi connectivity index (χ1) is 16.0. The van der Waals surface area contributed by atoms with E-state index in [-0.39, 0.29) is 18.5 Å². The van der Waals surface area contributed by atoms with Gasteiger partial charge in [0, 0.05) is 30.8 Å². The molecule has 3 unspecified atom stereocenters. The number of non-ortho nitro benzene ring substituents is 1. The maximum atomic E-state index is 12.8. The summed E-state index contributed by atoms with van der Waals surface area (Å²) in [4.78, 5) is 71.8. The van der Waals surface area contributed by atoms with Gasteiger partial charge in [-0.3, -0.25) is 34.1 Å². The summed E-state index contributed by atoms with van der Waals surface area (Å²) in [5, 5.41) is 26.9. The molecule has 0 aliphatic carbocycles. The fourth-order valence-electron chi connectivity index (χ4n) is 3.44. The Bertz CT molecular complexity index is 964. The minimum atomic E-state index is -1.13. The molecule has 13 nitrogen and oxygen atoms in total. The second kappa shape index (κ2) is 11.7. The molecular formula is C21H27N5O8. The molecular weight excluding hydrogens is 450 g/mol. The number of anilines is 1. The third-order valence-electron chi connectivity index (χ3n) is 5.25. The van der Waals surface area contributed by atoms with Gasteiger partial charge in [-0.2, -0.15) is 0 Å². The fraction of sp³-hybridized carbons (Fsp3) is 0.476. The highest BCUT2D eigenvalue weighted by atomic mass is 16.6. The number of aliphatic carboxylic acids is 1. The van der Waals surface area contributed by atoms with Gasteiger partial charge in [-0.25, -0.2) is 0 Å². The molecule has 1 aromatic carbocycles. The zero-order valence-electron chi connectivity index (χ0n) is 18.8. The molecule has 1 heterocycles. The molecule has 4 amide bonds. The topological polar surface area (TPSA) is 188 Å². The van der Waals surface area contributed by atoms with E-state index in [1.54, 1.807) is 0 Å². The van der Waals surface area contributed by atoms with Crippen molar-refractivity contribution in [2.45, 2.75) is 57.7 Å². The zero-order chi connectivity index (χ0) is 25.4. The van der Waals surface area contributed by atoms with Gasteiger partial charge in [0.25, 0.3) is 5.69 Å². The van der Waals surface area contributed by atoms with E-state index in [4.69, 9.17) is 5.11 Å². The lowest BCUT2D eigenvalue weighted by atomic mass is 10.1. The van der Waals surface area contributed by atoms with Gasteiger partial charge < -0.3 is 26.0 Å². The number of carbonyl (C=O) groups excluding carboxylic acids is 4. The number of likely N-dealkylation sites (tertiary alicyclic amines) is 1. The summed E-state index contributed by atoms with van der Waals surface area (Å²) in [5.74, 6) is -3.26. The number of carboxylic acid groups (broad SMARTS) is 1. The Morgan fingerprint density at radius 3 is 2.32 bits per heavy atom. The van der Waals surface area contributed by atoms with Crippen LogP contribution in [0.25, 0.3) is 0 Å². The Morgan fingerprint density at radius 1 is 1.09 bits per heavy atom. The lowest BCUT2D eigenvalue weighted by Crippen LogP contribution is -2.54. The smallest absolute Gasteiger partial charge is 0.303 e. The number of hydrogen-bond acceptors (Lipinski definition) is 7. The maximum absolute atomic E-state index is 12.8. The number of benzene rings is 1. The molecule has 2 rings (SSSR count). The number of carbonyl (C=O) groups is 5. The van der Waals surface area contributed by atoms with E-state index >= 15 is 0 Å². The second-order valence-electron chi connectivity index (χ2n) is 7.90. The third kappa shape index (κ3) is 7.25. The van der Waals surface area contributed by atoms with Crippen LogP contribution in [0.4, 0.5) is 11.4 Å². The Hall–Kier alpha value is -4.03. The Kier molecular flexibility index (Phi) is 9.04. The maximum Gasteiger partial charge on any atom is 0.303 e. The first-order valence-corrected chi connectivity index (χ1v) is 10.7. The van der Waals surface area contributed by atoms with Crippen LogP contribution < -0.4 is 16.0 Å². The highest BCUT2D eigenvalue weighted by molar-refractivity contribution is 5.98. The van der Waals surface area contributed by atoms with Crippen molar-refractivity contribution in [3.8, 4) is 0 Å². The molecule has 1 aliphatic heterocycles. The number of nitrogens with one attached hydrogen (secondary N) is 3. The quantitative estimate of drug-likeness (QED) is 0.275. The summed E-state index contributed by atoms with van der Waals surface area (Å²) in [7, 11) is 0. The number of nitrogens with zero attached hydrogens (tertiary/aromatic N) is 2. The van der Waals surface area contributed by atoms with E-state index in [1.165, 1.54) is 43.0 Å². The standard InChI is InChI=1S/C21H27N5O8/c1-12(19(30)24-14-5-7-15(8-6-14)26(33)34)23-20(31)16-4-3-11-25(16)21(32)13(2)22-17(27)9-10-18(28)29/h5-8,12-13,16H,3-4,9-11H2,1-2H3,(H,22,27)(H,23,31)(H,24,30)(H,28,29). The van der Waals surface area contributed by atoms with E-state index in [9.17, 15) is 34.1 Å². The molecule has 184 valence electrons. The molecule has 0 bridgehead atoms. The van der Waals surface area contributed by atoms with Gasteiger partial charge in [-0.05, 0) is 38.8 Å². The minimum absolute atomic E-state index is 0.127. The average molecular weight is 477 g/mol. The van der Waals surface area contributed by atoms with Gasteiger partial charge in [0.2, 0.25) is 23.6 Å². The van der Waals surface area contributed by atoms with Gasteiger partial charge in [-0.1, -0.05) is 0 Å². The second-order valence-corrected chi connectivity index (χ2v) is 7.90. The predicted octanol–water partition coefficient (Wildman–Crippen LogP) is 0.399. The summed E-state index contributed by atoms with van der Waals surface area (Å²) in [6.07, 6.45) is 0.320. The lowest BCUT2D eigenvalue weighted by molar-refractivity contribution is -0.384. The molecule has 0 radical (unpaired) electrons. The van der Waals surface area contributed by atoms with Crippen LogP contribution in [0.5, 0.6) is 0 Å². The van der Waals surface area contributed by atoms with Crippen molar-refractivity contribution < 1.29 is 34.0 Å². The van der Waals surface area contributed by atoms with Gasteiger partial charge >= 0.3 is 5.97 Å². The van der Waals surface area contributed by atoms with E-state index in [2.05, 4.69) is 16.0 Å². The monoisotopic (exact) mass is 477 g/mol. The number of hydrogen-bond donors (Lipinski definition) is 4. The van der Waals surface area contributed by atoms with Crippen molar-refractivity contribution in [3.63, 3.8) is 0 Å². The molecule has 0 saturated carbocycles. The van der Waals surface area contributed by atoms with Crippen molar-refractivity contribution in [2.24, 2.45) is 0 Å². The van der Waals surface area contributed by atoms with Crippen molar-refractivity contribution in [2.75, 3.05) is 11.9 Å². The first-order valence-electron chi connectivity index (χ1n) is 10.7. The summed E-state index contributed by atoms with van der Waals surface area (Å²) in [5.41, 5.74) is 0.194. The minimum Gasteiger partial charge on any atom is -0.481 e. The van der Waals surface area contributed by atoms with E-state index in [1.807, 2.05) is 0 Å². The van der Waals surface area contributed by atoms with Crippen LogP contribution in [0.1, 0.15) is 39.5 Å². The van der Waals surface area contributed by atoms with Crippen molar-refractivity contribution in [1.29, 1.82) is 0 Å². The number of amides is 4.